The molecule has 1 aliphatic rings. The number of thioether (sulfide) groups is 1. The fourth-order valence-electron chi connectivity index (χ4n) is 2.11. The Hall–Kier alpha value is -0.710. The molecule has 2 rings (SSSR count). The number of carbonyl (C=O) groups is 1. The van der Waals surface area contributed by atoms with Crippen molar-refractivity contribution in [3.8, 4) is 0 Å². The molecule has 1 heterocycles. The lowest BCUT2D eigenvalue weighted by Gasteiger charge is -2.34. The zero-order chi connectivity index (χ0) is 13.7. The van der Waals surface area contributed by atoms with E-state index in [1.54, 1.807) is 6.92 Å². The highest BCUT2D eigenvalue weighted by atomic mass is 35.5. The molecule has 0 bridgehead atoms. The number of rotatable bonds is 4. The summed E-state index contributed by atoms with van der Waals surface area (Å²) in [4.78, 5) is 16.8. The largest absolute Gasteiger partial charge is 0.340 e. The molecule has 1 saturated heterocycles. The van der Waals surface area contributed by atoms with Gasteiger partial charge in [-0.25, -0.2) is 0 Å². The van der Waals surface area contributed by atoms with Crippen LogP contribution in [-0.4, -0.2) is 54.2 Å². The Morgan fingerprint density at radius 1 is 1.21 bits per heavy atom. The van der Waals surface area contributed by atoms with Crippen LogP contribution in [0, 0.1) is 0 Å². The minimum absolute atomic E-state index is 0.190. The molecule has 0 N–H and O–H groups in total. The number of carbonyl (C=O) groups excluding carboxylic acids is 1. The quantitative estimate of drug-likeness (QED) is 0.798. The molecule has 1 aromatic rings. The van der Waals surface area contributed by atoms with Crippen LogP contribution in [0.15, 0.2) is 29.2 Å². The summed E-state index contributed by atoms with van der Waals surface area (Å²) >= 11 is 7.71. The van der Waals surface area contributed by atoms with Crippen LogP contribution in [0.4, 0.5) is 0 Å². The molecule has 0 radical (unpaired) electrons. The van der Waals surface area contributed by atoms with Crippen molar-refractivity contribution in [2.24, 2.45) is 0 Å². The summed E-state index contributed by atoms with van der Waals surface area (Å²) in [6, 6.07) is 7.96. The van der Waals surface area contributed by atoms with Crippen LogP contribution >= 0.6 is 23.4 Å². The summed E-state index contributed by atoms with van der Waals surface area (Å²) in [5.41, 5.74) is 0. The zero-order valence-corrected chi connectivity index (χ0v) is 12.7. The summed E-state index contributed by atoms with van der Waals surface area (Å²) in [7, 11) is 0. The zero-order valence-electron chi connectivity index (χ0n) is 11.1. The van der Waals surface area contributed by atoms with Crippen LogP contribution in [0.25, 0.3) is 0 Å². The van der Waals surface area contributed by atoms with Crippen LogP contribution in [0.1, 0.15) is 6.92 Å². The van der Waals surface area contributed by atoms with Gasteiger partial charge in [-0.2, -0.15) is 0 Å². The molecule has 0 aromatic heterocycles. The van der Waals surface area contributed by atoms with Gasteiger partial charge in [-0.1, -0.05) is 11.6 Å². The Balaban J connectivity index is 1.67. The Morgan fingerprint density at radius 2 is 1.84 bits per heavy atom. The minimum atomic E-state index is 0.190. The molecule has 0 saturated carbocycles. The number of amides is 1. The van der Waals surface area contributed by atoms with Crippen molar-refractivity contribution in [2.75, 3.05) is 38.5 Å². The van der Waals surface area contributed by atoms with Gasteiger partial charge in [0.1, 0.15) is 0 Å². The fourth-order valence-corrected chi connectivity index (χ4v) is 3.15. The molecule has 3 nitrogen and oxygen atoms in total. The van der Waals surface area contributed by atoms with Gasteiger partial charge in [0.2, 0.25) is 5.91 Å². The number of benzene rings is 1. The van der Waals surface area contributed by atoms with Gasteiger partial charge in [0.05, 0.1) is 0 Å². The van der Waals surface area contributed by atoms with E-state index in [1.807, 2.05) is 28.8 Å². The standard InChI is InChI=1S/C14H19ClN2OS/c1-12(18)17-8-6-16(7-9-17)10-11-19-14-4-2-13(15)3-5-14/h2-5H,6-11H2,1H3. The molecular weight excluding hydrogens is 280 g/mol. The topological polar surface area (TPSA) is 23.6 Å². The van der Waals surface area contributed by atoms with E-state index in [1.165, 1.54) is 4.90 Å². The molecule has 0 spiro atoms. The lowest BCUT2D eigenvalue weighted by atomic mass is 10.3. The maximum atomic E-state index is 11.2. The summed E-state index contributed by atoms with van der Waals surface area (Å²) in [5.74, 6) is 1.26. The number of halogens is 1. The van der Waals surface area contributed by atoms with E-state index in [-0.39, 0.29) is 5.91 Å². The van der Waals surface area contributed by atoms with E-state index in [4.69, 9.17) is 11.6 Å². The Labute approximate surface area is 123 Å². The van der Waals surface area contributed by atoms with Crippen LogP contribution in [0.2, 0.25) is 5.02 Å². The Bertz CT molecular complexity index is 416. The van der Waals surface area contributed by atoms with Crippen molar-refractivity contribution in [3.63, 3.8) is 0 Å². The van der Waals surface area contributed by atoms with E-state index in [0.717, 1.165) is 43.5 Å². The minimum Gasteiger partial charge on any atom is -0.340 e. The first kappa shape index (κ1) is 14.7. The molecule has 19 heavy (non-hydrogen) atoms. The molecule has 1 aromatic carbocycles. The van der Waals surface area contributed by atoms with Gasteiger partial charge in [-0.15, -0.1) is 11.8 Å². The third-order valence-corrected chi connectivity index (χ3v) is 4.55. The van der Waals surface area contributed by atoms with Crippen LogP contribution in [-0.2, 0) is 4.79 Å². The van der Waals surface area contributed by atoms with Crippen LogP contribution in [0.5, 0.6) is 0 Å². The first-order valence-electron chi connectivity index (χ1n) is 6.51. The average molecular weight is 299 g/mol. The van der Waals surface area contributed by atoms with E-state index < -0.39 is 0 Å². The molecule has 0 aliphatic carbocycles. The molecule has 104 valence electrons. The maximum Gasteiger partial charge on any atom is 0.219 e. The van der Waals surface area contributed by atoms with Crippen LogP contribution < -0.4 is 0 Å². The predicted molar refractivity (Wildman–Crippen MR) is 80.9 cm³/mol. The third-order valence-electron chi connectivity index (χ3n) is 3.31. The monoisotopic (exact) mass is 298 g/mol. The van der Waals surface area contributed by atoms with Gasteiger partial charge in [0, 0.05) is 55.3 Å². The second-order valence-electron chi connectivity index (χ2n) is 4.65. The van der Waals surface area contributed by atoms with Gasteiger partial charge in [0.15, 0.2) is 0 Å². The van der Waals surface area contributed by atoms with Crippen LogP contribution in [0.3, 0.4) is 0 Å². The smallest absolute Gasteiger partial charge is 0.219 e. The van der Waals surface area contributed by atoms with Crippen molar-refractivity contribution in [1.29, 1.82) is 0 Å². The molecule has 1 fully saturated rings. The van der Waals surface area contributed by atoms with Crippen molar-refractivity contribution >= 4 is 29.3 Å². The van der Waals surface area contributed by atoms with Crippen molar-refractivity contribution in [3.05, 3.63) is 29.3 Å². The normalized spacial score (nSPS) is 16.6. The highest BCUT2D eigenvalue weighted by Crippen LogP contribution is 2.20. The van der Waals surface area contributed by atoms with Crippen molar-refractivity contribution in [1.82, 2.24) is 9.80 Å². The molecule has 0 unspecified atom stereocenters. The third kappa shape index (κ3) is 4.71. The van der Waals surface area contributed by atoms with E-state index in [2.05, 4.69) is 17.0 Å². The summed E-state index contributed by atoms with van der Waals surface area (Å²) in [6.07, 6.45) is 0. The number of piperazine rings is 1. The lowest BCUT2D eigenvalue weighted by Crippen LogP contribution is -2.48. The number of hydrogen-bond donors (Lipinski definition) is 0. The number of hydrogen-bond acceptors (Lipinski definition) is 3. The SMILES string of the molecule is CC(=O)N1CCN(CCSc2ccc(Cl)cc2)CC1. The highest BCUT2D eigenvalue weighted by Gasteiger charge is 2.17. The molecule has 1 aliphatic heterocycles. The predicted octanol–water partition coefficient (Wildman–Crippen LogP) is 2.60. The fraction of sp³-hybridized carbons (Fsp3) is 0.500. The van der Waals surface area contributed by atoms with Gasteiger partial charge >= 0.3 is 0 Å². The van der Waals surface area contributed by atoms with E-state index in [0.29, 0.717) is 0 Å². The summed E-state index contributed by atoms with van der Waals surface area (Å²) < 4.78 is 0. The average Bonchev–Trinajstić information content (AvgIpc) is 2.41. The van der Waals surface area contributed by atoms with Crippen molar-refractivity contribution in [2.45, 2.75) is 11.8 Å². The summed E-state index contributed by atoms with van der Waals surface area (Å²) in [5, 5.41) is 0.782. The summed E-state index contributed by atoms with van der Waals surface area (Å²) in [6.45, 7) is 6.41. The molecular formula is C14H19ClN2OS. The molecule has 1 amide bonds. The highest BCUT2D eigenvalue weighted by molar-refractivity contribution is 7.99. The lowest BCUT2D eigenvalue weighted by molar-refractivity contribution is -0.130. The first-order chi connectivity index (χ1) is 9.15. The van der Waals surface area contributed by atoms with Gasteiger partial charge < -0.3 is 4.90 Å². The molecule has 5 heteroatoms. The van der Waals surface area contributed by atoms with Crippen molar-refractivity contribution < 1.29 is 4.79 Å². The molecule has 0 atom stereocenters. The second-order valence-corrected chi connectivity index (χ2v) is 6.25. The van der Waals surface area contributed by atoms with E-state index in [9.17, 15) is 4.79 Å². The van der Waals surface area contributed by atoms with Gasteiger partial charge in [0.25, 0.3) is 0 Å². The Kier molecular flexibility index (Phi) is 5.55. The first-order valence-corrected chi connectivity index (χ1v) is 7.88. The Morgan fingerprint density at radius 3 is 2.42 bits per heavy atom. The van der Waals surface area contributed by atoms with E-state index >= 15 is 0 Å². The maximum absolute atomic E-state index is 11.2. The number of nitrogens with zero attached hydrogens (tertiary/aromatic N) is 2. The van der Waals surface area contributed by atoms with Gasteiger partial charge in [-0.05, 0) is 24.3 Å². The second kappa shape index (κ2) is 7.17. The van der Waals surface area contributed by atoms with Gasteiger partial charge in [-0.3, -0.25) is 9.69 Å².